The predicted molar refractivity (Wildman–Crippen MR) is 66.9 cm³/mol. The van der Waals surface area contributed by atoms with E-state index in [2.05, 4.69) is 0 Å². The van der Waals surface area contributed by atoms with Crippen molar-refractivity contribution in [3.63, 3.8) is 0 Å². The number of phenols is 2. The third kappa shape index (κ3) is 1.46. The maximum Gasteiger partial charge on any atom is 0.347 e. The van der Waals surface area contributed by atoms with Gasteiger partial charge in [0.25, 0.3) is 0 Å². The van der Waals surface area contributed by atoms with E-state index in [4.69, 9.17) is 13.6 Å². The number of ether oxygens (including phenoxy) is 1. The first-order chi connectivity index (χ1) is 9.02. The van der Waals surface area contributed by atoms with Crippen molar-refractivity contribution in [2.75, 3.05) is 7.11 Å². The van der Waals surface area contributed by atoms with E-state index >= 15 is 0 Å². The average molecular weight is 262 g/mol. The Balaban J connectivity index is 2.62. The fraction of sp³-hybridized carbons (Fsp3) is 0.154. The van der Waals surface area contributed by atoms with Crippen molar-refractivity contribution in [3.8, 4) is 17.2 Å². The summed E-state index contributed by atoms with van der Waals surface area (Å²) >= 11 is 0. The maximum absolute atomic E-state index is 11.9. The van der Waals surface area contributed by atoms with Crippen molar-refractivity contribution < 1.29 is 23.8 Å². The van der Waals surface area contributed by atoms with Crippen LogP contribution >= 0.6 is 0 Å². The molecule has 0 amide bonds. The first kappa shape index (κ1) is 11.5. The summed E-state index contributed by atoms with van der Waals surface area (Å²) in [4.78, 5) is 11.9. The van der Waals surface area contributed by atoms with Gasteiger partial charge in [-0.25, -0.2) is 4.79 Å². The fourth-order valence-corrected chi connectivity index (χ4v) is 2.11. The van der Waals surface area contributed by atoms with Crippen LogP contribution in [0, 0.1) is 6.92 Å². The van der Waals surface area contributed by atoms with Crippen LogP contribution in [0.25, 0.3) is 21.9 Å². The molecule has 0 fully saturated rings. The molecule has 0 atom stereocenters. The lowest BCUT2D eigenvalue weighted by Gasteiger charge is -2.04. The van der Waals surface area contributed by atoms with Gasteiger partial charge in [0.2, 0.25) is 11.5 Å². The molecule has 2 heterocycles. The summed E-state index contributed by atoms with van der Waals surface area (Å²) < 4.78 is 15.5. The summed E-state index contributed by atoms with van der Waals surface area (Å²) in [5, 5.41) is 19.9. The molecule has 0 saturated carbocycles. The third-order valence-electron chi connectivity index (χ3n) is 2.91. The number of furan rings is 1. The molecule has 6 heteroatoms. The van der Waals surface area contributed by atoms with Crippen LogP contribution in [0.3, 0.4) is 0 Å². The van der Waals surface area contributed by atoms with Crippen LogP contribution < -0.4 is 10.4 Å². The van der Waals surface area contributed by atoms with Gasteiger partial charge in [-0.15, -0.1) is 0 Å². The summed E-state index contributed by atoms with van der Waals surface area (Å²) in [6.45, 7) is 1.63. The molecule has 1 aromatic carbocycles. The second kappa shape index (κ2) is 3.68. The molecule has 0 aliphatic carbocycles. The Morgan fingerprint density at radius 3 is 2.63 bits per heavy atom. The van der Waals surface area contributed by atoms with E-state index in [1.54, 1.807) is 13.0 Å². The summed E-state index contributed by atoms with van der Waals surface area (Å²) in [6.07, 6.45) is 0. The van der Waals surface area contributed by atoms with Crippen molar-refractivity contribution in [2.45, 2.75) is 6.92 Å². The van der Waals surface area contributed by atoms with Crippen LogP contribution in [0.2, 0.25) is 0 Å². The molecule has 0 aliphatic heterocycles. The third-order valence-corrected chi connectivity index (χ3v) is 2.91. The van der Waals surface area contributed by atoms with Crippen LogP contribution in [0.5, 0.6) is 17.2 Å². The van der Waals surface area contributed by atoms with E-state index in [1.807, 2.05) is 0 Å². The lowest BCUT2D eigenvalue weighted by atomic mass is 10.1. The Morgan fingerprint density at radius 1 is 1.21 bits per heavy atom. The zero-order valence-electron chi connectivity index (χ0n) is 10.2. The first-order valence-corrected chi connectivity index (χ1v) is 5.48. The van der Waals surface area contributed by atoms with Gasteiger partial charge in [-0.1, -0.05) is 0 Å². The molecule has 2 aromatic heterocycles. The highest BCUT2D eigenvalue weighted by atomic mass is 16.5. The highest BCUT2D eigenvalue weighted by Gasteiger charge is 2.21. The average Bonchev–Trinajstić information content (AvgIpc) is 2.68. The number of methoxy groups -OCH3 is 1. The molecular formula is C13H10O6. The number of phenolic OH excluding ortho intramolecular Hbond substituents is 2. The molecule has 6 nitrogen and oxygen atoms in total. The smallest absolute Gasteiger partial charge is 0.347 e. The lowest BCUT2D eigenvalue weighted by molar-refractivity contribution is 0.351. The van der Waals surface area contributed by atoms with Crippen LogP contribution in [-0.2, 0) is 0 Å². The molecular weight excluding hydrogens is 252 g/mol. The van der Waals surface area contributed by atoms with Crippen LogP contribution in [0.1, 0.15) is 5.76 Å². The minimum atomic E-state index is -0.569. The van der Waals surface area contributed by atoms with Crippen molar-refractivity contribution in [1.29, 1.82) is 0 Å². The van der Waals surface area contributed by atoms with Gasteiger partial charge < -0.3 is 23.8 Å². The van der Waals surface area contributed by atoms with E-state index in [9.17, 15) is 15.0 Å². The van der Waals surface area contributed by atoms with Crippen molar-refractivity contribution in [1.82, 2.24) is 0 Å². The topological polar surface area (TPSA) is 93.0 Å². The van der Waals surface area contributed by atoms with E-state index in [0.29, 0.717) is 16.7 Å². The molecule has 3 rings (SSSR count). The number of aryl methyl sites for hydroxylation is 1. The second-order valence-electron chi connectivity index (χ2n) is 4.14. The number of benzene rings is 1. The minimum absolute atomic E-state index is 0.0248. The zero-order valence-corrected chi connectivity index (χ0v) is 10.2. The van der Waals surface area contributed by atoms with E-state index < -0.39 is 17.1 Å². The molecule has 0 aliphatic rings. The van der Waals surface area contributed by atoms with Crippen molar-refractivity contribution >= 4 is 21.9 Å². The fourth-order valence-electron chi connectivity index (χ4n) is 2.11. The summed E-state index contributed by atoms with van der Waals surface area (Å²) in [5.74, 6) is -0.450. The molecule has 2 N–H and O–H groups in total. The highest BCUT2D eigenvalue weighted by Crippen LogP contribution is 2.44. The molecule has 3 aromatic rings. The van der Waals surface area contributed by atoms with E-state index in [0.717, 1.165) is 0 Å². The minimum Gasteiger partial charge on any atom is -0.504 e. The number of rotatable bonds is 1. The monoisotopic (exact) mass is 262 g/mol. The SMILES string of the molecule is COc1c(O)c(O)cc2c1oc1cc(C)oc(=O)c12. The normalized spacial score (nSPS) is 11.3. The van der Waals surface area contributed by atoms with Crippen LogP contribution in [-0.4, -0.2) is 17.3 Å². The highest BCUT2D eigenvalue weighted by molar-refractivity contribution is 6.07. The first-order valence-electron chi connectivity index (χ1n) is 5.48. The van der Waals surface area contributed by atoms with Gasteiger partial charge in [-0.3, -0.25) is 0 Å². The van der Waals surface area contributed by atoms with E-state index in [1.165, 1.54) is 13.2 Å². The Labute approximate surface area is 106 Å². The molecule has 0 saturated heterocycles. The molecule has 0 spiro atoms. The summed E-state index contributed by atoms with van der Waals surface area (Å²) in [6, 6.07) is 2.80. The summed E-state index contributed by atoms with van der Waals surface area (Å²) in [5.41, 5.74) is -0.0707. The standard InChI is InChI=1S/C13H10O6/c1-5-3-8-9(13(16)18-5)6-4-7(14)10(15)12(17-2)11(6)19-8/h3-4,14-15H,1-2H3. The number of hydrogen-bond donors (Lipinski definition) is 2. The molecule has 0 radical (unpaired) electrons. The van der Waals surface area contributed by atoms with Gasteiger partial charge in [-0.2, -0.15) is 0 Å². The number of fused-ring (bicyclic) bond motifs is 3. The van der Waals surface area contributed by atoms with Gasteiger partial charge in [-0.05, 0) is 13.0 Å². The number of aromatic hydroxyl groups is 2. The van der Waals surface area contributed by atoms with Crippen LogP contribution in [0.4, 0.5) is 0 Å². The van der Waals surface area contributed by atoms with E-state index in [-0.39, 0.29) is 16.7 Å². The molecule has 98 valence electrons. The second-order valence-corrected chi connectivity index (χ2v) is 4.14. The number of hydrogen-bond acceptors (Lipinski definition) is 6. The molecule has 0 unspecified atom stereocenters. The van der Waals surface area contributed by atoms with Gasteiger partial charge in [0, 0.05) is 11.5 Å². The maximum atomic E-state index is 11.9. The van der Waals surface area contributed by atoms with Crippen LogP contribution in [0.15, 0.2) is 25.8 Å². The lowest BCUT2D eigenvalue weighted by Crippen LogP contribution is -1.98. The van der Waals surface area contributed by atoms with Gasteiger partial charge in [0.1, 0.15) is 16.7 Å². The molecule has 19 heavy (non-hydrogen) atoms. The predicted octanol–water partition coefficient (Wildman–Crippen LogP) is 2.27. The Kier molecular flexibility index (Phi) is 2.22. The largest absolute Gasteiger partial charge is 0.504 e. The van der Waals surface area contributed by atoms with Gasteiger partial charge >= 0.3 is 5.63 Å². The Hall–Kier alpha value is -2.63. The quantitative estimate of drug-likeness (QED) is 0.653. The Bertz CT molecular complexity index is 855. The van der Waals surface area contributed by atoms with Gasteiger partial charge in [0.05, 0.1) is 7.11 Å². The zero-order chi connectivity index (χ0) is 13.7. The molecule has 0 bridgehead atoms. The van der Waals surface area contributed by atoms with Crippen molar-refractivity contribution in [3.05, 3.63) is 28.3 Å². The Morgan fingerprint density at radius 2 is 1.95 bits per heavy atom. The summed E-state index contributed by atoms with van der Waals surface area (Å²) in [7, 11) is 1.33. The van der Waals surface area contributed by atoms with Gasteiger partial charge in [0.15, 0.2) is 11.3 Å². The van der Waals surface area contributed by atoms with Crippen molar-refractivity contribution in [2.24, 2.45) is 0 Å².